The van der Waals surface area contributed by atoms with E-state index in [1.54, 1.807) is 17.0 Å². The zero-order valence-electron chi connectivity index (χ0n) is 16.7. The van der Waals surface area contributed by atoms with E-state index in [9.17, 15) is 12.8 Å². The molecule has 4 rings (SSSR count). The fourth-order valence-corrected chi connectivity index (χ4v) is 5.50. The van der Waals surface area contributed by atoms with E-state index in [0.717, 1.165) is 12.1 Å². The van der Waals surface area contributed by atoms with Gasteiger partial charge in [0, 0.05) is 32.7 Å². The Morgan fingerprint density at radius 2 is 1.97 bits per heavy atom. The molecule has 1 aromatic carbocycles. The summed E-state index contributed by atoms with van der Waals surface area (Å²) in [7, 11) is -3.75. The molecule has 3 heterocycles. The number of halogens is 2. The lowest BCUT2D eigenvalue weighted by Crippen LogP contribution is -2.48. The van der Waals surface area contributed by atoms with Gasteiger partial charge in [0.2, 0.25) is 10.0 Å². The standard InChI is InChI=1S/C19H21ClFN5O3S2/c1-2-25-18(17-4-3-11-29-17)22-26(19(25)30)13-23-7-9-24(10-8-23)31(27,28)14-5-6-16(21)15(20)12-14/h3-6,11-12H,2,7-10,13H2,1H3. The second-order valence-corrected chi connectivity index (χ2v) is 9.78. The maximum atomic E-state index is 13.4. The molecule has 8 nitrogen and oxygen atoms in total. The van der Waals surface area contributed by atoms with E-state index in [1.807, 2.05) is 17.6 Å². The van der Waals surface area contributed by atoms with E-state index in [0.29, 0.717) is 55.7 Å². The summed E-state index contributed by atoms with van der Waals surface area (Å²) in [6.07, 6.45) is 1.59. The number of furan rings is 1. The maximum absolute atomic E-state index is 13.4. The van der Waals surface area contributed by atoms with Crippen molar-refractivity contribution in [2.45, 2.75) is 25.0 Å². The van der Waals surface area contributed by atoms with Gasteiger partial charge in [0.1, 0.15) is 5.82 Å². The molecule has 12 heteroatoms. The Morgan fingerprint density at radius 1 is 1.23 bits per heavy atom. The van der Waals surface area contributed by atoms with Crippen LogP contribution < -0.4 is 0 Å². The molecule has 1 aliphatic rings. The van der Waals surface area contributed by atoms with Crippen molar-refractivity contribution in [3.63, 3.8) is 0 Å². The van der Waals surface area contributed by atoms with E-state index in [1.165, 1.54) is 10.4 Å². The number of rotatable bonds is 6. The van der Waals surface area contributed by atoms with Gasteiger partial charge in [0.05, 0.1) is 22.8 Å². The largest absolute Gasteiger partial charge is 0.461 e. The maximum Gasteiger partial charge on any atom is 0.243 e. The highest BCUT2D eigenvalue weighted by Crippen LogP contribution is 2.24. The fraction of sp³-hybridized carbons (Fsp3) is 0.368. The summed E-state index contributed by atoms with van der Waals surface area (Å²) < 4.78 is 50.2. The highest BCUT2D eigenvalue weighted by atomic mass is 35.5. The number of aromatic nitrogens is 3. The van der Waals surface area contributed by atoms with Gasteiger partial charge in [-0.05, 0) is 49.5 Å². The van der Waals surface area contributed by atoms with E-state index in [-0.39, 0.29) is 9.92 Å². The molecule has 0 saturated carbocycles. The summed E-state index contributed by atoms with van der Waals surface area (Å²) >= 11 is 11.3. The average molecular weight is 486 g/mol. The minimum atomic E-state index is -3.75. The van der Waals surface area contributed by atoms with Crippen LogP contribution in [0.25, 0.3) is 11.6 Å². The van der Waals surface area contributed by atoms with Crippen molar-refractivity contribution in [2.24, 2.45) is 0 Å². The van der Waals surface area contributed by atoms with Crippen LogP contribution in [0, 0.1) is 10.6 Å². The molecule has 0 spiro atoms. The van der Waals surface area contributed by atoms with Gasteiger partial charge in [0.15, 0.2) is 16.4 Å². The van der Waals surface area contributed by atoms with Crippen LogP contribution in [0.1, 0.15) is 6.92 Å². The Kier molecular flexibility index (Phi) is 6.31. The zero-order chi connectivity index (χ0) is 22.2. The Hall–Kier alpha value is -2.05. The molecular formula is C19H21ClFN5O3S2. The molecule has 0 atom stereocenters. The second kappa shape index (κ2) is 8.83. The van der Waals surface area contributed by atoms with Crippen molar-refractivity contribution < 1.29 is 17.2 Å². The number of piperazine rings is 1. The predicted octanol–water partition coefficient (Wildman–Crippen LogP) is 3.45. The summed E-state index contributed by atoms with van der Waals surface area (Å²) in [4.78, 5) is 2.07. The Labute approximate surface area is 189 Å². The molecule has 0 N–H and O–H groups in total. The van der Waals surface area contributed by atoms with Gasteiger partial charge in [-0.2, -0.15) is 4.31 Å². The molecule has 1 saturated heterocycles. The quantitative estimate of drug-likeness (QED) is 0.498. The first-order valence-electron chi connectivity index (χ1n) is 9.70. The topological polar surface area (TPSA) is 76.5 Å². The van der Waals surface area contributed by atoms with Crippen LogP contribution in [-0.2, 0) is 23.2 Å². The molecule has 0 radical (unpaired) electrons. The highest BCUT2D eigenvalue weighted by Gasteiger charge is 2.29. The molecule has 0 aliphatic carbocycles. The lowest BCUT2D eigenvalue weighted by molar-refractivity contribution is 0.144. The van der Waals surface area contributed by atoms with Crippen LogP contribution in [0.15, 0.2) is 45.9 Å². The van der Waals surface area contributed by atoms with Gasteiger partial charge in [-0.1, -0.05) is 11.6 Å². The molecule has 3 aromatic rings. The Morgan fingerprint density at radius 3 is 2.58 bits per heavy atom. The number of nitrogens with zero attached hydrogens (tertiary/aromatic N) is 5. The Balaban J connectivity index is 1.46. The minimum absolute atomic E-state index is 0.0145. The molecular weight excluding hydrogens is 465 g/mol. The monoisotopic (exact) mass is 485 g/mol. The Bertz CT molecular complexity index is 1230. The van der Waals surface area contributed by atoms with Gasteiger partial charge in [-0.15, -0.1) is 5.10 Å². The summed E-state index contributed by atoms with van der Waals surface area (Å²) in [5.41, 5.74) is 0. The molecule has 0 amide bonds. The fourth-order valence-electron chi connectivity index (χ4n) is 3.49. The first-order valence-corrected chi connectivity index (χ1v) is 11.9. The smallest absolute Gasteiger partial charge is 0.243 e. The predicted molar refractivity (Wildman–Crippen MR) is 116 cm³/mol. The first-order chi connectivity index (χ1) is 14.8. The average Bonchev–Trinajstić information content (AvgIpc) is 3.39. The normalized spacial score (nSPS) is 16.1. The third-order valence-electron chi connectivity index (χ3n) is 5.17. The lowest BCUT2D eigenvalue weighted by atomic mass is 10.3. The molecule has 1 aliphatic heterocycles. The van der Waals surface area contributed by atoms with Crippen LogP contribution in [-0.4, -0.2) is 58.1 Å². The number of hydrogen-bond donors (Lipinski definition) is 0. The molecule has 2 aromatic heterocycles. The van der Waals surface area contributed by atoms with Gasteiger partial charge in [0.25, 0.3) is 0 Å². The van der Waals surface area contributed by atoms with Crippen molar-refractivity contribution in [3.05, 3.63) is 52.2 Å². The van der Waals surface area contributed by atoms with Gasteiger partial charge < -0.3 is 4.42 Å². The molecule has 31 heavy (non-hydrogen) atoms. The van der Waals surface area contributed by atoms with E-state index in [4.69, 9.17) is 28.2 Å². The number of hydrogen-bond acceptors (Lipinski definition) is 6. The van der Waals surface area contributed by atoms with E-state index >= 15 is 0 Å². The van der Waals surface area contributed by atoms with Crippen molar-refractivity contribution in [2.75, 3.05) is 26.2 Å². The lowest BCUT2D eigenvalue weighted by Gasteiger charge is -2.33. The van der Waals surface area contributed by atoms with Crippen molar-refractivity contribution >= 4 is 33.8 Å². The van der Waals surface area contributed by atoms with Crippen molar-refractivity contribution in [1.29, 1.82) is 0 Å². The third kappa shape index (κ3) is 4.33. The van der Waals surface area contributed by atoms with E-state index in [2.05, 4.69) is 10.00 Å². The van der Waals surface area contributed by atoms with Gasteiger partial charge in [-0.25, -0.2) is 17.5 Å². The molecule has 0 unspecified atom stereocenters. The van der Waals surface area contributed by atoms with E-state index < -0.39 is 15.8 Å². The van der Waals surface area contributed by atoms with Crippen LogP contribution >= 0.6 is 23.8 Å². The molecule has 0 bridgehead atoms. The van der Waals surface area contributed by atoms with Crippen molar-refractivity contribution in [1.82, 2.24) is 23.6 Å². The van der Waals surface area contributed by atoms with Crippen LogP contribution in [0.2, 0.25) is 5.02 Å². The van der Waals surface area contributed by atoms with Crippen molar-refractivity contribution in [3.8, 4) is 11.6 Å². The zero-order valence-corrected chi connectivity index (χ0v) is 19.1. The summed E-state index contributed by atoms with van der Waals surface area (Å²) in [5, 5.41) is 4.39. The highest BCUT2D eigenvalue weighted by molar-refractivity contribution is 7.89. The molecule has 1 fully saturated rings. The SMILES string of the molecule is CCn1c(-c2ccco2)nn(CN2CCN(S(=O)(=O)c3ccc(F)c(Cl)c3)CC2)c1=S. The van der Waals surface area contributed by atoms with Gasteiger partial charge >= 0.3 is 0 Å². The van der Waals surface area contributed by atoms with Gasteiger partial charge in [-0.3, -0.25) is 9.47 Å². The summed E-state index contributed by atoms with van der Waals surface area (Å²) in [5.74, 6) is 0.648. The second-order valence-electron chi connectivity index (χ2n) is 7.07. The number of sulfonamides is 1. The van der Waals surface area contributed by atoms with Crippen LogP contribution in [0.5, 0.6) is 0 Å². The first kappa shape index (κ1) is 22.2. The summed E-state index contributed by atoms with van der Waals surface area (Å²) in [6.45, 7) is 4.68. The minimum Gasteiger partial charge on any atom is -0.461 e. The van der Waals surface area contributed by atoms with Crippen LogP contribution in [0.4, 0.5) is 4.39 Å². The molecule has 166 valence electrons. The third-order valence-corrected chi connectivity index (χ3v) is 7.79. The number of benzene rings is 1. The van der Waals surface area contributed by atoms with Crippen LogP contribution in [0.3, 0.4) is 0 Å². The summed E-state index contributed by atoms with van der Waals surface area (Å²) in [6, 6.07) is 7.07.